The molecule has 3 N–H and O–H groups in total. The maximum atomic E-state index is 12.1. The van der Waals surface area contributed by atoms with E-state index in [1.54, 1.807) is 26.0 Å². The van der Waals surface area contributed by atoms with Crippen LogP contribution in [0, 0.1) is 0 Å². The van der Waals surface area contributed by atoms with Crippen molar-refractivity contribution in [3.8, 4) is 0 Å². The number of aromatic carboxylic acids is 1. The Hall–Kier alpha value is -2.32. The Morgan fingerprint density at radius 3 is 2.61 bits per heavy atom. The molecule has 0 bridgehead atoms. The molecule has 7 nitrogen and oxygen atoms in total. The summed E-state index contributed by atoms with van der Waals surface area (Å²) >= 11 is 0. The smallest absolute Gasteiger partial charge is 0.337 e. The van der Waals surface area contributed by atoms with Gasteiger partial charge in [-0.15, -0.1) is 0 Å². The van der Waals surface area contributed by atoms with Gasteiger partial charge in [0.05, 0.1) is 23.3 Å². The molecule has 1 heterocycles. The number of anilines is 1. The number of nitrogens with one attached hydrogen (secondary N) is 2. The molecule has 2 aromatic rings. The summed E-state index contributed by atoms with van der Waals surface area (Å²) in [6.45, 7) is 3.67. The highest BCUT2D eigenvalue weighted by atomic mass is 32.2. The third-order valence-electron chi connectivity index (χ3n) is 2.96. The standard InChI is InChI=1S/C15H18N2O5S/c1-10(2)17-23(20,21)12-5-6-14(13(8-12)15(18)19)16-9-11-4-3-7-22-11/h3-8,10,16-17H,9H2,1-2H3,(H,18,19). The average Bonchev–Trinajstić information content (AvgIpc) is 2.96. The molecular weight excluding hydrogens is 320 g/mol. The summed E-state index contributed by atoms with van der Waals surface area (Å²) in [5.74, 6) is -0.576. The second-order valence-electron chi connectivity index (χ2n) is 5.22. The largest absolute Gasteiger partial charge is 0.478 e. The molecule has 0 radical (unpaired) electrons. The minimum Gasteiger partial charge on any atom is -0.478 e. The number of hydrogen-bond donors (Lipinski definition) is 3. The van der Waals surface area contributed by atoms with Crippen molar-refractivity contribution in [1.29, 1.82) is 0 Å². The van der Waals surface area contributed by atoms with Crippen molar-refractivity contribution >= 4 is 21.7 Å². The van der Waals surface area contributed by atoms with Gasteiger partial charge < -0.3 is 14.8 Å². The second-order valence-corrected chi connectivity index (χ2v) is 6.94. The van der Waals surface area contributed by atoms with Crippen LogP contribution in [0.1, 0.15) is 30.0 Å². The summed E-state index contributed by atoms with van der Waals surface area (Å²) < 4.78 is 31.8. The highest BCUT2D eigenvalue weighted by Gasteiger charge is 2.19. The molecule has 0 unspecified atom stereocenters. The zero-order chi connectivity index (χ0) is 17.0. The van der Waals surface area contributed by atoms with E-state index in [1.165, 1.54) is 18.4 Å². The molecule has 2 rings (SSSR count). The number of hydrogen-bond acceptors (Lipinski definition) is 5. The molecule has 124 valence electrons. The highest BCUT2D eigenvalue weighted by molar-refractivity contribution is 7.89. The third-order valence-corrected chi connectivity index (χ3v) is 4.61. The molecule has 1 aromatic heterocycles. The minimum atomic E-state index is -3.75. The van der Waals surface area contributed by atoms with Crippen LogP contribution in [0.5, 0.6) is 0 Å². The molecule has 8 heteroatoms. The summed E-state index contributed by atoms with van der Waals surface area (Å²) in [6, 6.07) is 7.12. The quantitative estimate of drug-likeness (QED) is 0.714. The summed E-state index contributed by atoms with van der Waals surface area (Å²) in [5, 5.41) is 12.2. The first kappa shape index (κ1) is 17.0. The number of carboxylic acids is 1. The van der Waals surface area contributed by atoms with Crippen molar-refractivity contribution < 1.29 is 22.7 Å². The molecule has 0 atom stereocenters. The molecule has 0 spiro atoms. The molecule has 0 aliphatic carbocycles. The summed E-state index contributed by atoms with van der Waals surface area (Å²) in [5.41, 5.74) is 0.195. The van der Waals surface area contributed by atoms with Gasteiger partial charge in [-0.2, -0.15) is 0 Å². The van der Waals surface area contributed by atoms with Gasteiger partial charge in [-0.25, -0.2) is 17.9 Å². The minimum absolute atomic E-state index is 0.0906. The number of furan rings is 1. The van der Waals surface area contributed by atoms with Crippen molar-refractivity contribution in [1.82, 2.24) is 4.72 Å². The Morgan fingerprint density at radius 1 is 1.30 bits per heavy atom. The lowest BCUT2D eigenvalue weighted by Crippen LogP contribution is -2.30. The number of sulfonamides is 1. The van der Waals surface area contributed by atoms with Gasteiger partial charge in [0.1, 0.15) is 5.76 Å². The van der Waals surface area contributed by atoms with Crippen LogP contribution in [-0.2, 0) is 16.6 Å². The molecule has 0 fully saturated rings. The highest BCUT2D eigenvalue weighted by Crippen LogP contribution is 2.21. The Balaban J connectivity index is 2.29. The normalized spacial score (nSPS) is 11.6. The Labute approximate surface area is 134 Å². The Bertz CT molecular complexity index is 782. The zero-order valence-corrected chi connectivity index (χ0v) is 13.6. The van der Waals surface area contributed by atoms with E-state index in [-0.39, 0.29) is 16.5 Å². The van der Waals surface area contributed by atoms with Gasteiger partial charge in [0.15, 0.2) is 0 Å². The first-order chi connectivity index (χ1) is 10.8. The SMILES string of the molecule is CC(C)NS(=O)(=O)c1ccc(NCc2ccco2)c(C(=O)O)c1. The van der Waals surface area contributed by atoms with Crippen LogP contribution in [0.25, 0.3) is 0 Å². The van der Waals surface area contributed by atoms with Crippen molar-refractivity contribution in [2.75, 3.05) is 5.32 Å². The first-order valence-electron chi connectivity index (χ1n) is 6.95. The molecule has 0 amide bonds. The third kappa shape index (κ3) is 4.33. The van der Waals surface area contributed by atoms with Crippen LogP contribution >= 0.6 is 0 Å². The van der Waals surface area contributed by atoms with Crippen molar-refractivity contribution in [2.45, 2.75) is 31.3 Å². The van der Waals surface area contributed by atoms with Gasteiger partial charge in [0, 0.05) is 11.7 Å². The summed E-state index contributed by atoms with van der Waals surface area (Å²) in [7, 11) is -3.75. The van der Waals surface area contributed by atoms with E-state index >= 15 is 0 Å². The lowest BCUT2D eigenvalue weighted by Gasteiger charge is -2.13. The molecule has 0 aliphatic heterocycles. The molecule has 23 heavy (non-hydrogen) atoms. The molecule has 1 aromatic carbocycles. The molecule has 0 saturated carbocycles. The number of carbonyl (C=O) groups is 1. The topological polar surface area (TPSA) is 109 Å². The fourth-order valence-electron chi connectivity index (χ4n) is 2.00. The van der Waals surface area contributed by atoms with Gasteiger partial charge in [0.2, 0.25) is 10.0 Å². The van der Waals surface area contributed by atoms with Crippen LogP contribution in [0.3, 0.4) is 0 Å². The summed E-state index contributed by atoms with van der Waals surface area (Å²) in [6.07, 6.45) is 1.52. The van der Waals surface area contributed by atoms with Gasteiger partial charge >= 0.3 is 5.97 Å². The van der Waals surface area contributed by atoms with E-state index in [4.69, 9.17) is 4.42 Å². The number of rotatable bonds is 7. The van der Waals surface area contributed by atoms with Crippen LogP contribution in [0.15, 0.2) is 45.9 Å². The first-order valence-corrected chi connectivity index (χ1v) is 8.44. The van der Waals surface area contributed by atoms with Crippen LogP contribution in [0.4, 0.5) is 5.69 Å². The molecular formula is C15H18N2O5S. The predicted molar refractivity (Wildman–Crippen MR) is 84.9 cm³/mol. The van der Waals surface area contributed by atoms with E-state index in [2.05, 4.69) is 10.0 Å². The number of carboxylic acid groups (broad SMARTS) is 1. The fraction of sp³-hybridized carbons (Fsp3) is 0.267. The van der Waals surface area contributed by atoms with E-state index in [1.807, 2.05) is 0 Å². The van der Waals surface area contributed by atoms with Crippen LogP contribution in [0.2, 0.25) is 0 Å². The predicted octanol–water partition coefficient (Wildman–Crippen LogP) is 2.28. The van der Waals surface area contributed by atoms with Gasteiger partial charge in [-0.3, -0.25) is 0 Å². The summed E-state index contributed by atoms with van der Waals surface area (Å²) in [4.78, 5) is 11.3. The maximum absolute atomic E-state index is 12.1. The lowest BCUT2D eigenvalue weighted by atomic mass is 10.2. The zero-order valence-electron chi connectivity index (χ0n) is 12.7. The second kappa shape index (κ2) is 6.84. The average molecular weight is 338 g/mol. The Morgan fingerprint density at radius 2 is 2.04 bits per heavy atom. The van der Waals surface area contributed by atoms with Gasteiger partial charge in [-0.05, 0) is 44.2 Å². The van der Waals surface area contributed by atoms with Gasteiger partial charge in [0.25, 0.3) is 0 Å². The van der Waals surface area contributed by atoms with Crippen molar-refractivity contribution in [2.24, 2.45) is 0 Å². The number of benzene rings is 1. The fourth-order valence-corrected chi connectivity index (χ4v) is 3.27. The van der Waals surface area contributed by atoms with E-state index < -0.39 is 16.0 Å². The van der Waals surface area contributed by atoms with E-state index in [0.717, 1.165) is 6.07 Å². The van der Waals surface area contributed by atoms with E-state index in [9.17, 15) is 18.3 Å². The molecule has 0 saturated heterocycles. The lowest BCUT2D eigenvalue weighted by molar-refractivity contribution is 0.0697. The Kier molecular flexibility index (Phi) is 5.07. The maximum Gasteiger partial charge on any atom is 0.337 e. The monoisotopic (exact) mass is 338 g/mol. The van der Waals surface area contributed by atoms with Crippen LogP contribution in [-0.4, -0.2) is 25.5 Å². The van der Waals surface area contributed by atoms with Crippen LogP contribution < -0.4 is 10.0 Å². The van der Waals surface area contributed by atoms with E-state index in [0.29, 0.717) is 18.0 Å². The van der Waals surface area contributed by atoms with Crippen molar-refractivity contribution in [3.63, 3.8) is 0 Å². The van der Waals surface area contributed by atoms with Gasteiger partial charge in [-0.1, -0.05) is 0 Å². The van der Waals surface area contributed by atoms with Crippen molar-refractivity contribution in [3.05, 3.63) is 47.9 Å². The molecule has 0 aliphatic rings.